The molecule has 0 radical (unpaired) electrons. The van der Waals surface area contributed by atoms with Gasteiger partial charge in [0, 0.05) is 11.1 Å². The fourth-order valence-electron chi connectivity index (χ4n) is 2.72. The summed E-state index contributed by atoms with van der Waals surface area (Å²) >= 11 is 0. The van der Waals surface area contributed by atoms with Gasteiger partial charge in [-0.1, -0.05) is 69.3 Å². The lowest BCUT2D eigenvalue weighted by molar-refractivity contribution is -0.125. The van der Waals surface area contributed by atoms with E-state index in [-0.39, 0.29) is 11.0 Å². The van der Waals surface area contributed by atoms with Crippen molar-refractivity contribution in [2.75, 3.05) is 0 Å². The molecule has 0 aliphatic carbocycles. The van der Waals surface area contributed by atoms with Crippen molar-refractivity contribution in [1.29, 1.82) is 0 Å². The third kappa shape index (κ3) is 6.31. The van der Waals surface area contributed by atoms with Crippen molar-refractivity contribution < 1.29 is 14.0 Å². The highest BCUT2D eigenvalue weighted by molar-refractivity contribution is 6.28. The van der Waals surface area contributed by atoms with Crippen LogP contribution in [0.15, 0.2) is 60.7 Å². The Labute approximate surface area is 166 Å². The summed E-state index contributed by atoms with van der Waals surface area (Å²) < 4.78 is 13.3. The molecule has 0 aromatic heterocycles. The molecule has 146 valence electrons. The minimum Gasteiger partial charge on any atom is -0.288 e. The molecule has 0 spiro atoms. The Hall–Kier alpha value is -3.01. The second kappa shape index (κ2) is 8.79. The number of carbonyl (C=O) groups is 2. The van der Waals surface area contributed by atoms with Crippen LogP contribution < -0.4 is 5.32 Å². The second-order valence-electron chi connectivity index (χ2n) is 8.10. The van der Waals surface area contributed by atoms with Gasteiger partial charge in [-0.2, -0.15) is 0 Å². The first-order chi connectivity index (χ1) is 13.0. The summed E-state index contributed by atoms with van der Waals surface area (Å²) in [5.74, 6) is -1.45. The minimum atomic E-state index is -0.549. The van der Waals surface area contributed by atoms with Crippen molar-refractivity contribution in [3.05, 3.63) is 83.2 Å². The number of imide groups is 1. The summed E-state index contributed by atoms with van der Waals surface area (Å²) in [6.45, 7) is 11.8. The van der Waals surface area contributed by atoms with Gasteiger partial charge in [-0.05, 0) is 48.1 Å². The maximum atomic E-state index is 13.3. The average molecular weight is 379 g/mol. The zero-order valence-corrected chi connectivity index (χ0v) is 16.8. The number of hydrogen-bond donors (Lipinski definition) is 1. The van der Waals surface area contributed by atoms with Crippen LogP contribution in [-0.4, -0.2) is 11.8 Å². The fraction of sp³-hybridized carbons (Fsp3) is 0.250. The van der Waals surface area contributed by atoms with E-state index in [4.69, 9.17) is 0 Å². The highest BCUT2D eigenvalue weighted by atomic mass is 19.1. The normalized spacial score (nSPS) is 11.8. The van der Waals surface area contributed by atoms with Crippen LogP contribution in [0.3, 0.4) is 0 Å². The molecule has 4 heteroatoms. The lowest BCUT2D eigenvalue weighted by atomic mass is 9.88. The zero-order chi connectivity index (χ0) is 20.9. The van der Waals surface area contributed by atoms with Crippen LogP contribution in [0.2, 0.25) is 0 Å². The lowest BCUT2D eigenvalue weighted by Gasteiger charge is -2.19. The number of hydrogen-bond acceptors (Lipinski definition) is 2. The van der Waals surface area contributed by atoms with Gasteiger partial charge in [-0.3, -0.25) is 14.9 Å². The molecule has 3 nitrogen and oxygen atoms in total. The highest BCUT2D eigenvalue weighted by Gasteiger charge is 2.20. The van der Waals surface area contributed by atoms with Crippen LogP contribution in [0, 0.1) is 18.2 Å². The number of amides is 2. The van der Waals surface area contributed by atoms with E-state index < -0.39 is 17.6 Å². The molecule has 0 unspecified atom stereocenters. The molecule has 0 heterocycles. The van der Waals surface area contributed by atoms with Gasteiger partial charge >= 0.3 is 0 Å². The van der Waals surface area contributed by atoms with Crippen LogP contribution >= 0.6 is 0 Å². The maximum absolute atomic E-state index is 13.3. The molecule has 1 N–H and O–H groups in total. The number of benzene rings is 2. The summed E-state index contributed by atoms with van der Waals surface area (Å²) in [6.07, 6.45) is 2.15. The average Bonchev–Trinajstić information content (AvgIpc) is 2.60. The molecule has 0 saturated carbocycles. The largest absolute Gasteiger partial charge is 0.288 e. The fourth-order valence-corrected chi connectivity index (χ4v) is 2.72. The van der Waals surface area contributed by atoms with E-state index in [1.807, 2.05) is 52.0 Å². The van der Waals surface area contributed by atoms with Crippen molar-refractivity contribution in [2.45, 2.75) is 34.1 Å². The van der Waals surface area contributed by atoms with Crippen molar-refractivity contribution in [3.8, 4) is 0 Å². The van der Waals surface area contributed by atoms with Crippen LogP contribution in [0.4, 0.5) is 4.39 Å². The van der Waals surface area contributed by atoms with Gasteiger partial charge < -0.3 is 0 Å². The van der Waals surface area contributed by atoms with Gasteiger partial charge in [0.2, 0.25) is 0 Å². The number of halogens is 1. The monoisotopic (exact) mass is 379 g/mol. The number of aryl methyl sites for hydroxylation is 1. The quantitative estimate of drug-likeness (QED) is 0.565. The summed E-state index contributed by atoms with van der Waals surface area (Å²) in [5.41, 5.74) is 2.93. The minimum absolute atomic E-state index is 0.116. The first-order valence-corrected chi connectivity index (χ1v) is 9.13. The molecule has 0 atom stereocenters. The molecule has 2 aromatic rings. The molecule has 2 rings (SSSR count). The molecule has 0 bridgehead atoms. The maximum Gasteiger partial charge on any atom is 0.258 e. The Bertz CT molecular complexity index is 901. The number of carbonyl (C=O) groups excluding carboxylic acids is 2. The van der Waals surface area contributed by atoms with E-state index in [1.165, 1.54) is 24.3 Å². The number of nitrogens with one attached hydrogen (secondary N) is 1. The van der Waals surface area contributed by atoms with Crippen molar-refractivity contribution in [3.63, 3.8) is 0 Å². The predicted octanol–water partition coefficient (Wildman–Crippen LogP) is 5.31. The smallest absolute Gasteiger partial charge is 0.258 e. The Kier molecular flexibility index (Phi) is 6.68. The Morgan fingerprint density at radius 2 is 1.57 bits per heavy atom. The predicted molar refractivity (Wildman–Crippen MR) is 112 cm³/mol. The molecular formula is C24H26FNO2. The first kappa shape index (κ1) is 21.3. The van der Waals surface area contributed by atoms with Crippen LogP contribution in [-0.2, 0) is 9.59 Å². The van der Waals surface area contributed by atoms with E-state index in [1.54, 1.807) is 6.08 Å². The Morgan fingerprint density at radius 1 is 1.00 bits per heavy atom. The zero-order valence-electron chi connectivity index (χ0n) is 16.8. The van der Waals surface area contributed by atoms with Crippen LogP contribution in [0.1, 0.15) is 43.9 Å². The molecule has 0 fully saturated rings. The van der Waals surface area contributed by atoms with E-state index in [0.717, 1.165) is 11.1 Å². The molecule has 0 aliphatic rings. The van der Waals surface area contributed by atoms with Gasteiger partial charge in [0.15, 0.2) is 0 Å². The van der Waals surface area contributed by atoms with Crippen molar-refractivity contribution in [2.24, 2.45) is 5.41 Å². The van der Waals surface area contributed by atoms with Crippen LogP contribution in [0.25, 0.3) is 11.6 Å². The van der Waals surface area contributed by atoms with Gasteiger partial charge in [0.25, 0.3) is 11.8 Å². The standard InChI is InChI=1S/C24H26FNO2/c1-16-6-8-18(9-7-16)14-21(19-10-12-20(25)13-11-19)23(28)26-22(27)17(2)15-24(3,4)5/h6-14H,2,15H2,1,3-5H3,(H,26,27,28)/b21-14+. The third-order valence-corrected chi connectivity index (χ3v) is 4.08. The molecule has 28 heavy (non-hydrogen) atoms. The molecular weight excluding hydrogens is 353 g/mol. The molecule has 2 aromatic carbocycles. The summed E-state index contributed by atoms with van der Waals surface area (Å²) in [7, 11) is 0. The van der Waals surface area contributed by atoms with Gasteiger partial charge in [-0.25, -0.2) is 4.39 Å². The highest BCUT2D eigenvalue weighted by Crippen LogP contribution is 2.24. The topological polar surface area (TPSA) is 46.2 Å². The first-order valence-electron chi connectivity index (χ1n) is 9.13. The lowest BCUT2D eigenvalue weighted by Crippen LogP contribution is -2.33. The summed E-state index contributed by atoms with van der Waals surface area (Å²) in [5, 5.41) is 2.41. The van der Waals surface area contributed by atoms with Gasteiger partial charge in [-0.15, -0.1) is 0 Å². The summed E-state index contributed by atoms with van der Waals surface area (Å²) in [4.78, 5) is 25.2. The Balaban J connectivity index is 2.32. The van der Waals surface area contributed by atoms with E-state index in [0.29, 0.717) is 17.6 Å². The van der Waals surface area contributed by atoms with Gasteiger partial charge in [0.05, 0.1) is 0 Å². The second-order valence-corrected chi connectivity index (χ2v) is 8.10. The molecule has 0 aliphatic heterocycles. The van der Waals surface area contributed by atoms with E-state index >= 15 is 0 Å². The van der Waals surface area contributed by atoms with E-state index in [9.17, 15) is 14.0 Å². The van der Waals surface area contributed by atoms with E-state index in [2.05, 4.69) is 11.9 Å². The van der Waals surface area contributed by atoms with Crippen molar-refractivity contribution in [1.82, 2.24) is 5.32 Å². The SMILES string of the molecule is C=C(CC(C)(C)C)C(=O)NC(=O)/C(=C/c1ccc(C)cc1)c1ccc(F)cc1. The van der Waals surface area contributed by atoms with Crippen LogP contribution in [0.5, 0.6) is 0 Å². The third-order valence-electron chi connectivity index (χ3n) is 4.08. The van der Waals surface area contributed by atoms with Crippen molar-refractivity contribution >= 4 is 23.5 Å². The molecule has 0 saturated heterocycles. The Morgan fingerprint density at radius 3 is 2.11 bits per heavy atom. The van der Waals surface area contributed by atoms with Gasteiger partial charge in [0.1, 0.15) is 5.82 Å². The molecule has 2 amide bonds. The summed E-state index contributed by atoms with van der Waals surface area (Å²) in [6, 6.07) is 13.2. The number of rotatable bonds is 5.